The van der Waals surface area contributed by atoms with E-state index < -0.39 is 0 Å². The topological polar surface area (TPSA) is 21.3 Å². The Morgan fingerprint density at radius 3 is 2.27 bits per heavy atom. The standard InChI is InChI=1S/C22H22ClNO.ClH/c1-17(19-7-3-2-4-8-19)24-15-20-9-5-6-10-22(20)25-16-18-11-13-21(23)14-12-18;/h2-14,17,24H,15-16H2,1H3;1H. The Morgan fingerprint density at radius 1 is 0.885 bits per heavy atom. The third kappa shape index (κ3) is 5.77. The van der Waals surface area contributed by atoms with Gasteiger partial charge in [0, 0.05) is 23.2 Å². The maximum Gasteiger partial charge on any atom is 0.124 e. The molecule has 2 nitrogen and oxygen atoms in total. The van der Waals surface area contributed by atoms with Gasteiger partial charge < -0.3 is 10.1 Å². The van der Waals surface area contributed by atoms with Crippen molar-refractivity contribution < 1.29 is 4.74 Å². The highest BCUT2D eigenvalue weighted by atomic mass is 35.5. The van der Waals surface area contributed by atoms with Crippen LogP contribution in [0.3, 0.4) is 0 Å². The van der Waals surface area contributed by atoms with E-state index in [1.54, 1.807) is 0 Å². The summed E-state index contributed by atoms with van der Waals surface area (Å²) in [5, 5.41) is 4.30. The molecule has 0 amide bonds. The van der Waals surface area contributed by atoms with Gasteiger partial charge in [0.15, 0.2) is 0 Å². The first-order valence-electron chi connectivity index (χ1n) is 8.46. The summed E-state index contributed by atoms with van der Waals surface area (Å²) in [6, 6.07) is 26.6. The fourth-order valence-electron chi connectivity index (χ4n) is 2.66. The lowest BCUT2D eigenvalue weighted by molar-refractivity contribution is 0.301. The fraction of sp³-hybridized carbons (Fsp3) is 0.182. The van der Waals surface area contributed by atoms with Gasteiger partial charge in [0.1, 0.15) is 12.4 Å². The molecule has 136 valence electrons. The van der Waals surface area contributed by atoms with Crippen LogP contribution in [-0.2, 0) is 13.2 Å². The molecular formula is C22H23Cl2NO. The second kappa shape index (κ2) is 10.2. The maximum absolute atomic E-state index is 6.02. The van der Waals surface area contributed by atoms with Gasteiger partial charge in [-0.15, -0.1) is 12.4 Å². The van der Waals surface area contributed by atoms with Gasteiger partial charge >= 0.3 is 0 Å². The van der Waals surface area contributed by atoms with E-state index >= 15 is 0 Å². The van der Waals surface area contributed by atoms with Crippen LogP contribution in [0.4, 0.5) is 0 Å². The summed E-state index contributed by atoms with van der Waals surface area (Å²) in [6.45, 7) is 3.46. The van der Waals surface area contributed by atoms with Crippen molar-refractivity contribution in [2.24, 2.45) is 0 Å². The van der Waals surface area contributed by atoms with E-state index in [0.717, 1.165) is 28.4 Å². The summed E-state index contributed by atoms with van der Waals surface area (Å²) in [6.07, 6.45) is 0. The van der Waals surface area contributed by atoms with E-state index in [1.165, 1.54) is 5.56 Å². The van der Waals surface area contributed by atoms with Gasteiger partial charge in [-0.3, -0.25) is 0 Å². The summed E-state index contributed by atoms with van der Waals surface area (Å²) in [7, 11) is 0. The molecule has 1 N–H and O–H groups in total. The fourth-order valence-corrected chi connectivity index (χ4v) is 2.78. The zero-order chi connectivity index (χ0) is 17.5. The monoisotopic (exact) mass is 387 g/mol. The SMILES string of the molecule is CC(NCc1ccccc1OCc1ccc(Cl)cc1)c1ccccc1.Cl. The third-order valence-corrected chi connectivity index (χ3v) is 4.43. The number of rotatable bonds is 7. The van der Waals surface area contributed by atoms with Crippen LogP contribution in [0.15, 0.2) is 78.9 Å². The molecule has 3 aromatic rings. The first kappa shape index (κ1) is 20.3. The Balaban J connectivity index is 0.00000243. The molecule has 26 heavy (non-hydrogen) atoms. The molecule has 0 aliphatic rings. The lowest BCUT2D eigenvalue weighted by Crippen LogP contribution is -2.18. The highest BCUT2D eigenvalue weighted by molar-refractivity contribution is 6.30. The number of hydrogen-bond acceptors (Lipinski definition) is 2. The van der Waals surface area contributed by atoms with Crippen LogP contribution in [0.1, 0.15) is 29.7 Å². The number of nitrogens with one attached hydrogen (secondary N) is 1. The van der Waals surface area contributed by atoms with E-state index in [4.69, 9.17) is 16.3 Å². The minimum Gasteiger partial charge on any atom is -0.489 e. The lowest BCUT2D eigenvalue weighted by Gasteiger charge is -2.16. The molecule has 0 heterocycles. The largest absolute Gasteiger partial charge is 0.489 e. The lowest BCUT2D eigenvalue weighted by atomic mass is 10.1. The Bertz CT molecular complexity index is 791. The Hall–Kier alpha value is -2.00. The Labute approximate surface area is 166 Å². The minimum atomic E-state index is 0. The molecule has 0 radical (unpaired) electrons. The smallest absolute Gasteiger partial charge is 0.124 e. The summed E-state index contributed by atoms with van der Waals surface area (Å²) < 4.78 is 6.02. The van der Waals surface area contributed by atoms with Gasteiger partial charge in [-0.05, 0) is 36.2 Å². The molecule has 0 aliphatic carbocycles. The molecule has 1 unspecified atom stereocenters. The van der Waals surface area contributed by atoms with E-state index in [-0.39, 0.29) is 18.4 Å². The van der Waals surface area contributed by atoms with Crippen molar-refractivity contribution in [2.75, 3.05) is 0 Å². The first-order valence-corrected chi connectivity index (χ1v) is 8.83. The molecule has 3 rings (SSSR count). The molecule has 0 aromatic heterocycles. The minimum absolute atomic E-state index is 0. The van der Waals surface area contributed by atoms with Gasteiger partial charge in [-0.25, -0.2) is 0 Å². The summed E-state index contributed by atoms with van der Waals surface area (Å²) in [5.74, 6) is 0.908. The molecule has 3 aromatic carbocycles. The van der Waals surface area contributed by atoms with Crippen molar-refractivity contribution in [1.82, 2.24) is 5.32 Å². The van der Waals surface area contributed by atoms with Crippen LogP contribution in [-0.4, -0.2) is 0 Å². The van der Waals surface area contributed by atoms with Crippen LogP contribution >= 0.6 is 24.0 Å². The maximum atomic E-state index is 6.02. The van der Waals surface area contributed by atoms with E-state index in [0.29, 0.717) is 6.61 Å². The van der Waals surface area contributed by atoms with E-state index in [9.17, 15) is 0 Å². The highest BCUT2D eigenvalue weighted by Crippen LogP contribution is 2.21. The van der Waals surface area contributed by atoms with Gasteiger partial charge in [0.05, 0.1) is 0 Å². The second-order valence-corrected chi connectivity index (χ2v) is 6.47. The molecular weight excluding hydrogens is 365 g/mol. The molecule has 0 saturated heterocycles. The van der Waals surface area contributed by atoms with Crippen molar-refractivity contribution in [3.63, 3.8) is 0 Å². The summed E-state index contributed by atoms with van der Waals surface area (Å²) >= 11 is 5.93. The second-order valence-electron chi connectivity index (χ2n) is 6.04. The van der Waals surface area contributed by atoms with Crippen molar-refractivity contribution in [2.45, 2.75) is 26.1 Å². The predicted octanol–water partition coefficient (Wildman–Crippen LogP) is 6.19. The Morgan fingerprint density at radius 2 is 1.54 bits per heavy atom. The quantitative estimate of drug-likeness (QED) is 0.521. The molecule has 0 saturated carbocycles. The van der Waals surface area contributed by atoms with Crippen LogP contribution < -0.4 is 10.1 Å². The summed E-state index contributed by atoms with van der Waals surface area (Å²) in [4.78, 5) is 0. The number of benzene rings is 3. The molecule has 0 spiro atoms. The Kier molecular flexibility index (Phi) is 7.99. The van der Waals surface area contributed by atoms with E-state index in [1.807, 2.05) is 48.5 Å². The van der Waals surface area contributed by atoms with Gasteiger partial charge in [-0.1, -0.05) is 72.3 Å². The molecule has 0 fully saturated rings. The first-order chi connectivity index (χ1) is 12.2. The summed E-state index contributed by atoms with van der Waals surface area (Å²) in [5.41, 5.74) is 3.53. The predicted molar refractivity (Wildman–Crippen MR) is 111 cm³/mol. The normalized spacial score (nSPS) is 11.5. The van der Waals surface area contributed by atoms with Gasteiger partial charge in [0.25, 0.3) is 0 Å². The van der Waals surface area contributed by atoms with Crippen molar-refractivity contribution in [3.05, 3.63) is 101 Å². The van der Waals surface area contributed by atoms with Crippen LogP contribution in [0.2, 0.25) is 5.02 Å². The number of hydrogen-bond donors (Lipinski definition) is 1. The van der Waals surface area contributed by atoms with Crippen LogP contribution in [0, 0.1) is 0 Å². The van der Waals surface area contributed by atoms with Crippen LogP contribution in [0.5, 0.6) is 5.75 Å². The van der Waals surface area contributed by atoms with Gasteiger partial charge in [-0.2, -0.15) is 0 Å². The number of ether oxygens (including phenoxy) is 1. The van der Waals surface area contributed by atoms with Gasteiger partial charge in [0.2, 0.25) is 0 Å². The zero-order valence-corrected chi connectivity index (χ0v) is 16.3. The average Bonchev–Trinajstić information content (AvgIpc) is 2.67. The van der Waals surface area contributed by atoms with Crippen LogP contribution in [0.25, 0.3) is 0 Å². The molecule has 1 atom stereocenters. The highest BCUT2D eigenvalue weighted by Gasteiger charge is 2.07. The van der Waals surface area contributed by atoms with Crippen molar-refractivity contribution in [3.8, 4) is 5.75 Å². The molecule has 4 heteroatoms. The zero-order valence-electron chi connectivity index (χ0n) is 14.7. The van der Waals surface area contributed by atoms with Crippen molar-refractivity contribution >= 4 is 24.0 Å². The van der Waals surface area contributed by atoms with E-state index in [2.05, 4.69) is 42.6 Å². The number of para-hydroxylation sites is 1. The average molecular weight is 388 g/mol. The molecule has 0 aliphatic heterocycles. The molecule has 0 bridgehead atoms. The third-order valence-electron chi connectivity index (χ3n) is 4.18. The number of halogens is 2. The van der Waals surface area contributed by atoms with Crippen molar-refractivity contribution in [1.29, 1.82) is 0 Å².